The zero-order valence-electron chi connectivity index (χ0n) is 2.24. The highest BCUT2D eigenvalue weighted by Crippen LogP contribution is 1.47. The zero-order chi connectivity index (χ0) is 3.41. The third-order valence-corrected chi connectivity index (χ3v) is 0.0845. The van der Waals surface area contributed by atoms with Gasteiger partial charge < -0.3 is 9.42 Å². The van der Waals surface area contributed by atoms with Crippen LogP contribution in [0.4, 0.5) is 4.32 Å². The molecule has 0 amide bonds. The molecule has 0 aromatic carbocycles. The van der Waals surface area contributed by atoms with Crippen LogP contribution in [-0.4, -0.2) is 19.2 Å². The molecule has 3 heteroatoms. The Morgan fingerprint density at radius 3 is 2.25 bits per heavy atom. The summed E-state index contributed by atoms with van der Waals surface area (Å²) >= 11 is 0. The van der Waals surface area contributed by atoms with Gasteiger partial charge in [-0.15, -0.1) is 0 Å². The highest BCUT2D eigenvalue weighted by molar-refractivity contribution is 6.25. The molecular formula is CH4BFO. The van der Waals surface area contributed by atoms with Gasteiger partial charge in [-0.25, -0.2) is 0 Å². The fourth-order valence-corrected chi connectivity index (χ4v) is 0. The summed E-state index contributed by atoms with van der Waals surface area (Å²) in [4.78, 5) is 0. The van der Waals surface area contributed by atoms with E-state index in [2.05, 4.69) is 0 Å². The van der Waals surface area contributed by atoms with Gasteiger partial charge in [-0.3, -0.25) is 0 Å². The van der Waals surface area contributed by atoms with Gasteiger partial charge in [0.2, 0.25) is 0 Å². The van der Waals surface area contributed by atoms with Gasteiger partial charge >= 0.3 is 7.56 Å². The first-order valence-corrected chi connectivity index (χ1v) is 1.08. The molecule has 0 bridgehead atoms. The van der Waals surface area contributed by atoms with Crippen molar-refractivity contribution in [3.05, 3.63) is 0 Å². The maximum absolute atomic E-state index is 10.5. The van der Waals surface area contributed by atoms with Gasteiger partial charge in [0.1, 0.15) is 0 Å². The molecule has 0 saturated heterocycles. The molecule has 0 aromatic heterocycles. The Hall–Kier alpha value is -0.0451. The zero-order valence-corrected chi connectivity index (χ0v) is 2.24. The van der Waals surface area contributed by atoms with Crippen molar-refractivity contribution in [1.82, 2.24) is 0 Å². The normalized spacial score (nSPS) is 6.50. The molecule has 1 N–H and O–H groups in total. The second-order valence-electron chi connectivity index (χ2n) is 0.413. The van der Waals surface area contributed by atoms with E-state index in [9.17, 15) is 4.32 Å². The lowest BCUT2D eigenvalue weighted by Gasteiger charge is -1.61. The van der Waals surface area contributed by atoms with E-state index in [4.69, 9.17) is 5.11 Å². The molecule has 0 atom stereocenters. The molecule has 24 valence electrons. The van der Waals surface area contributed by atoms with Crippen molar-refractivity contribution in [3.63, 3.8) is 0 Å². The van der Waals surface area contributed by atoms with E-state index in [1.807, 2.05) is 0 Å². The quantitative estimate of drug-likeness (QED) is 0.396. The molecule has 0 radical (unpaired) electrons. The summed E-state index contributed by atoms with van der Waals surface area (Å²) in [5.74, 6) is 0. The third-order valence-electron chi connectivity index (χ3n) is 0.0845. The van der Waals surface area contributed by atoms with Crippen molar-refractivity contribution >= 4 is 7.56 Å². The van der Waals surface area contributed by atoms with Gasteiger partial charge in [0.05, 0.1) is 6.51 Å². The van der Waals surface area contributed by atoms with E-state index < -0.39 is 7.56 Å². The minimum absolute atomic E-state index is 0.347. The molecule has 0 fully saturated rings. The summed E-state index contributed by atoms with van der Waals surface area (Å²) in [5.41, 5.74) is 0. The molecule has 0 aromatic rings. The van der Waals surface area contributed by atoms with Gasteiger partial charge in [0.25, 0.3) is 0 Å². The van der Waals surface area contributed by atoms with Gasteiger partial charge in [0, 0.05) is 0 Å². The monoisotopic (exact) mass is 62.0 g/mol. The van der Waals surface area contributed by atoms with Crippen molar-refractivity contribution in [2.75, 3.05) is 6.51 Å². The van der Waals surface area contributed by atoms with E-state index in [0.717, 1.165) is 0 Å². The first-order chi connectivity index (χ1) is 1.91. The van der Waals surface area contributed by atoms with E-state index in [1.165, 1.54) is 0 Å². The van der Waals surface area contributed by atoms with Crippen LogP contribution >= 0.6 is 0 Å². The fourth-order valence-electron chi connectivity index (χ4n) is 0. The number of rotatable bonds is 1. The molecule has 4 heavy (non-hydrogen) atoms. The molecule has 1 nitrogen and oxygen atoms in total. The van der Waals surface area contributed by atoms with Crippen molar-refractivity contribution in [1.29, 1.82) is 0 Å². The van der Waals surface area contributed by atoms with Crippen LogP contribution in [0.15, 0.2) is 0 Å². The number of aliphatic hydroxyl groups excluding tert-OH is 1. The van der Waals surface area contributed by atoms with Gasteiger partial charge in [-0.2, -0.15) is 0 Å². The van der Waals surface area contributed by atoms with Crippen molar-refractivity contribution in [2.24, 2.45) is 0 Å². The second kappa shape index (κ2) is 2.95. The van der Waals surface area contributed by atoms with E-state index in [1.54, 1.807) is 0 Å². The van der Waals surface area contributed by atoms with Crippen LogP contribution in [-0.2, 0) is 0 Å². The minimum atomic E-state index is -0.625. The molecule has 0 rings (SSSR count). The summed E-state index contributed by atoms with van der Waals surface area (Å²) < 4.78 is 10.5. The summed E-state index contributed by atoms with van der Waals surface area (Å²) in [5, 5.41) is 7.50. The Balaban J connectivity index is 1.97. The summed E-state index contributed by atoms with van der Waals surface area (Å²) in [7, 11) is -0.625. The Kier molecular flexibility index (Phi) is 2.92. The number of aliphatic hydroxyl groups is 1. The number of halogens is 1. The predicted octanol–water partition coefficient (Wildman–Crippen LogP) is -0.743. The summed E-state index contributed by atoms with van der Waals surface area (Å²) in [6, 6.07) is 0. The molecule has 0 saturated carbocycles. The number of hydrogen-bond acceptors (Lipinski definition) is 1. The lowest BCUT2D eigenvalue weighted by molar-refractivity contribution is 0.358. The van der Waals surface area contributed by atoms with Crippen LogP contribution in [0.2, 0.25) is 0 Å². The average molecular weight is 61.9 g/mol. The number of hydrogen-bond donors (Lipinski definition) is 1. The van der Waals surface area contributed by atoms with Crippen molar-refractivity contribution < 1.29 is 9.42 Å². The SMILES string of the molecule is OCBF. The lowest BCUT2D eigenvalue weighted by atomic mass is 10.1. The molecule has 0 aliphatic carbocycles. The van der Waals surface area contributed by atoms with Gasteiger partial charge in [-0.1, -0.05) is 0 Å². The van der Waals surface area contributed by atoms with Crippen LogP contribution in [0.1, 0.15) is 0 Å². The second-order valence-corrected chi connectivity index (χ2v) is 0.413. The molecule has 0 aliphatic heterocycles. The maximum Gasteiger partial charge on any atom is 0.357 e. The Morgan fingerprint density at radius 1 is 2.00 bits per heavy atom. The van der Waals surface area contributed by atoms with E-state index in [-0.39, 0.29) is 6.51 Å². The molecular weight excluding hydrogens is 57.8 g/mol. The molecule has 0 heterocycles. The van der Waals surface area contributed by atoms with Crippen LogP contribution < -0.4 is 0 Å². The third kappa shape index (κ3) is 1.95. The van der Waals surface area contributed by atoms with Crippen molar-refractivity contribution in [3.8, 4) is 0 Å². The Morgan fingerprint density at radius 2 is 2.25 bits per heavy atom. The summed E-state index contributed by atoms with van der Waals surface area (Å²) in [6.45, 7) is -0.347. The van der Waals surface area contributed by atoms with E-state index >= 15 is 0 Å². The smallest absolute Gasteiger partial charge is 0.357 e. The molecule has 0 spiro atoms. The Labute approximate surface area is 24.7 Å². The van der Waals surface area contributed by atoms with Crippen LogP contribution in [0, 0.1) is 0 Å². The fraction of sp³-hybridized carbons (Fsp3) is 1.00. The first-order valence-electron chi connectivity index (χ1n) is 1.08. The molecule has 0 unspecified atom stereocenters. The Bertz CT molecular complexity index is 10.0. The topological polar surface area (TPSA) is 20.2 Å². The maximum atomic E-state index is 10.5. The van der Waals surface area contributed by atoms with Crippen molar-refractivity contribution in [2.45, 2.75) is 0 Å². The van der Waals surface area contributed by atoms with Crippen LogP contribution in [0.5, 0.6) is 0 Å². The average Bonchev–Trinajstić information content (AvgIpc) is 1.37. The standard InChI is InChI=1S/CH4BFO/c3-2-1-4/h2,4H,1H2. The van der Waals surface area contributed by atoms with Gasteiger partial charge in [0.15, 0.2) is 0 Å². The highest BCUT2D eigenvalue weighted by Gasteiger charge is 1.70. The first kappa shape index (κ1) is 3.95. The molecule has 0 aliphatic rings. The largest absolute Gasteiger partial charge is 0.401 e. The lowest BCUT2D eigenvalue weighted by Crippen LogP contribution is -1.84. The van der Waals surface area contributed by atoms with Gasteiger partial charge in [-0.05, 0) is 0 Å². The van der Waals surface area contributed by atoms with Crippen LogP contribution in [0.3, 0.4) is 0 Å². The van der Waals surface area contributed by atoms with Crippen LogP contribution in [0.25, 0.3) is 0 Å². The summed E-state index contributed by atoms with van der Waals surface area (Å²) in [6.07, 6.45) is 0. The van der Waals surface area contributed by atoms with E-state index in [0.29, 0.717) is 0 Å². The highest BCUT2D eigenvalue weighted by atomic mass is 19.1. The minimum Gasteiger partial charge on any atom is -0.401 e. The predicted molar refractivity (Wildman–Crippen MR) is 15.3 cm³/mol.